The van der Waals surface area contributed by atoms with E-state index in [1.807, 2.05) is 18.2 Å². The summed E-state index contributed by atoms with van der Waals surface area (Å²) in [5, 5.41) is 10.2. The van der Waals surface area contributed by atoms with E-state index >= 15 is 0 Å². The zero-order valence-electron chi connectivity index (χ0n) is 12.7. The maximum Gasteiger partial charge on any atom is 0.188 e. The van der Waals surface area contributed by atoms with Crippen molar-refractivity contribution in [2.75, 3.05) is 0 Å². The molecule has 3 nitrogen and oxygen atoms in total. The fourth-order valence-electron chi connectivity index (χ4n) is 4.26. The SMILES string of the molecule is O=S(=O)(c1ccc(F)cc1)C12CC(O)C1CCc1cc(I)ccc12. The minimum absolute atomic E-state index is 0.118. The highest BCUT2D eigenvalue weighted by Crippen LogP contribution is 2.59. The molecule has 0 radical (unpaired) electrons. The minimum atomic E-state index is -3.73. The van der Waals surface area contributed by atoms with E-state index in [1.54, 1.807) is 0 Å². The predicted octanol–water partition coefficient (Wildman–Crippen LogP) is 3.43. The Labute approximate surface area is 154 Å². The Hall–Kier alpha value is -0.990. The third-order valence-corrected chi connectivity index (χ3v) is 8.64. The van der Waals surface area contributed by atoms with Crippen LogP contribution in [0.15, 0.2) is 47.4 Å². The summed E-state index contributed by atoms with van der Waals surface area (Å²) in [4.78, 5) is 0.118. The zero-order chi connectivity index (χ0) is 17.1. The summed E-state index contributed by atoms with van der Waals surface area (Å²) in [6.45, 7) is 0. The highest BCUT2D eigenvalue weighted by Gasteiger charge is 2.64. The van der Waals surface area contributed by atoms with E-state index in [0.29, 0.717) is 6.42 Å². The molecule has 2 aromatic rings. The number of aliphatic hydroxyl groups excluding tert-OH is 1. The molecule has 0 bridgehead atoms. The van der Waals surface area contributed by atoms with Gasteiger partial charge in [-0.2, -0.15) is 0 Å². The Balaban J connectivity index is 1.93. The van der Waals surface area contributed by atoms with Gasteiger partial charge in [-0.05, 0) is 89.4 Å². The molecule has 6 heteroatoms. The van der Waals surface area contributed by atoms with Crippen molar-refractivity contribution in [3.63, 3.8) is 0 Å². The molecule has 2 aromatic carbocycles. The molecule has 0 amide bonds. The van der Waals surface area contributed by atoms with Crippen LogP contribution in [0, 0.1) is 15.3 Å². The standard InChI is InChI=1S/C18H16FIO3S/c19-12-2-5-14(6-3-12)24(22,23)18-10-17(21)16(18)7-1-11-9-13(20)4-8-15(11)18/h2-6,8-9,16-17,21H,1,7,10H2. The molecule has 126 valence electrons. The van der Waals surface area contributed by atoms with Gasteiger partial charge in [0.15, 0.2) is 9.84 Å². The Kier molecular flexibility index (Phi) is 3.78. The average Bonchev–Trinajstić information content (AvgIpc) is 2.53. The quantitative estimate of drug-likeness (QED) is 0.555. The molecule has 24 heavy (non-hydrogen) atoms. The van der Waals surface area contributed by atoms with Gasteiger partial charge in [0.1, 0.15) is 10.6 Å². The number of halogens is 2. The molecule has 2 aliphatic carbocycles. The number of hydrogen-bond acceptors (Lipinski definition) is 3. The van der Waals surface area contributed by atoms with Crippen LogP contribution in [0.5, 0.6) is 0 Å². The molecule has 0 heterocycles. The van der Waals surface area contributed by atoms with Gasteiger partial charge in [-0.1, -0.05) is 6.07 Å². The summed E-state index contributed by atoms with van der Waals surface area (Å²) in [6.07, 6.45) is 1.02. The number of hydrogen-bond donors (Lipinski definition) is 1. The molecule has 1 fully saturated rings. The Morgan fingerprint density at radius 2 is 1.88 bits per heavy atom. The summed E-state index contributed by atoms with van der Waals surface area (Å²) < 4.78 is 40.1. The fraction of sp³-hybridized carbons (Fsp3) is 0.333. The second-order valence-corrected chi connectivity index (χ2v) is 10.0. The van der Waals surface area contributed by atoms with Gasteiger partial charge in [0.25, 0.3) is 0 Å². The number of benzene rings is 2. The molecule has 0 spiro atoms. The van der Waals surface area contributed by atoms with E-state index in [2.05, 4.69) is 22.6 Å². The Morgan fingerprint density at radius 1 is 1.17 bits per heavy atom. The molecule has 0 aliphatic heterocycles. The summed E-state index contributed by atoms with van der Waals surface area (Å²) in [6, 6.07) is 10.8. The van der Waals surface area contributed by atoms with Crippen molar-refractivity contribution in [3.8, 4) is 0 Å². The lowest BCUT2D eigenvalue weighted by Crippen LogP contribution is -2.61. The first-order valence-electron chi connectivity index (χ1n) is 7.83. The van der Waals surface area contributed by atoms with Gasteiger partial charge in [0, 0.05) is 9.49 Å². The highest BCUT2D eigenvalue weighted by molar-refractivity contribution is 14.1. The second kappa shape index (κ2) is 5.51. The van der Waals surface area contributed by atoms with Crippen molar-refractivity contribution >= 4 is 32.4 Å². The molecule has 0 saturated heterocycles. The number of rotatable bonds is 2. The average molecular weight is 458 g/mol. The number of aryl methyl sites for hydroxylation is 1. The summed E-state index contributed by atoms with van der Waals surface area (Å²) >= 11 is 2.22. The smallest absolute Gasteiger partial charge is 0.188 e. The zero-order valence-corrected chi connectivity index (χ0v) is 15.7. The van der Waals surface area contributed by atoms with Crippen LogP contribution < -0.4 is 0 Å². The third kappa shape index (κ3) is 2.12. The van der Waals surface area contributed by atoms with Crippen molar-refractivity contribution in [2.45, 2.75) is 35.0 Å². The van der Waals surface area contributed by atoms with E-state index < -0.39 is 26.5 Å². The van der Waals surface area contributed by atoms with Crippen LogP contribution in [0.2, 0.25) is 0 Å². The topological polar surface area (TPSA) is 54.4 Å². The lowest BCUT2D eigenvalue weighted by Gasteiger charge is -2.55. The lowest BCUT2D eigenvalue weighted by atomic mass is 9.60. The van der Waals surface area contributed by atoms with Gasteiger partial charge in [0.05, 0.1) is 11.0 Å². The van der Waals surface area contributed by atoms with Crippen molar-refractivity contribution in [1.29, 1.82) is 0 Å². The van der Waals surface area contributed by atoms with Crippen molar-refractivity contribution in [3.05, 3.63) is 63.0 Å². The molecule has 3 atom stereocenters. The molecule has 3 unspecified atom stereocenters. The van der Waals surface area contributed by atoms with Crippen LogP contribution in [0.25, 0.3) is 0 Å². The maximum absolute atomic E-state index is 13.4. The first kappa shape index (κ1) is 16.5. The first-order valence-corrected chi connectivity index (χ1v) is 10.4. The van der Waals surface area contributed by atoms with Gasteiger partial charge in [-0.25, -0.2) is 12.8 Å². The summed E-state index contributed by atoms with van der Waals surface area (Å²) in [5.41, 5.74) is 1.84. The van der Waals surface area contributed by atoms with Crippen molar-refractivity contribution < 1.29 is 17.9 Å². The second-order valence-electron chi connectivity index (χ2n) is 6.56. The number of fused-ring (bicyclic) bond motifs is 3. The van der Waals surface area contributed by atoms with Crippen LogP contribution in [0.1, 0.15) is 24.0 Å². The summed E-state index contributed by atoms with van der Waals surface area (Å²) in [5.74, 6) is -0.768. The highest BCUT2D eigenvalue weighted by atomic mass is 127. The Morgan fingerprint density at radius 3 is 2.54 bits per heavy atom. The van der Waals surface area contributed by atoms with Gasteiger partial charge < -0.3 is 5.11 Å². The van der Waals surface area contributed by atoms with Crippen molar-refractivity contribution in [2.24, 2.45) is 5.92 Å². The molecule has 0 aromatic heterocycles. The van der Waals surface area contributed by atoms with Gasteiger partial charge >= 0.3 is 0 Å². The number of aliphatic hydroxyl groups is 1. The molecule has 4 rings (SSSR count). The molecule has 1 saturated carbocycles. The normalized spacial score (nSPS) is 28.6. The van der Waals surface area contributed by atoms with E-state index in [-0.39, 0.29) is 17.2 Å². The van der Waals surface area contributed by atoms with Gasteiger partial charge in [-0.3, -0.25) is 0 Å². The predicted molar refractivity (Wildman–Crippen MR) is 96.9 cm³/mol. The molecule has 2 aliphatic rings. The van der Waals surface area contributed by atoms with Gasteiger partial charge in [0.2, 0.25) is 0 Å². The first-order chi connectivity index (χ1) is 11.4. The Bertz CT molecular complexity index is 910. The van der Waals surface area contributed by atoms with Crippen LogP contribution in [0.3, 0.4) is 0 Å². The summed E-state index contributed by atoms with van der Waals surface area (Å²) in [7, 11) is -3.73. The van der Waals surface area contributed by atoms with Crippen LogP contribution in [0.4, 0.5) is 4.39 Å². The number of sulfone groups is 1. The van der Waals surface area contributed by atoms with Gasteiger partial charge in [-0.15, -0.1) is 0 Å². The minimum Gasteiger partial charge on any atom is -0.393 e. The van der Waals surface area contributed by atoms with E-state index in [4.69, 9.17) is 0 Å². The van der Waals surface area contributed by atoms with E-state index in [9.17, 15) is 17.9 Å². The van der Waals surface area contributed by atoms with E-state index in [0.717, 1.165) is 21.1 Å². The lowest BCUT2D eigenvalue weighted by molar-refractivity contribution is -0.0292. The molecule has 1 N–H and O–H groups in total. The monoisotopic (exact) mass is 458 g/mol. The van der Waals surface area contributed by atoms with E-state index in [1.165, 1.54) is 24.3 Å². The fourth-order valence-corrected chi connectivity index (χ4v) is 7.28. The third-order valence-electron chi connectivity index (χ3n) is 5.43. The largest absolute Gasteiger partial charge is 0.393 e. The molecular formula is C18H16FIO3S. The maximum atomic E-state index is 13.4. The van der Waals surface area contributed by atoms with Crippen LogP contribution >= 0.6 is 22.6 Å². The van der Waals surface area contributed by atoms with Crippen LogP contribution in [-0.4, -0.2) is 19.6 Å². The van der Waals surface area contributed by atoms with Crippen LogP contribution in [-0.2, 0) is 21.0 Å². The molecular weight excluding hydrogens is 442 g/mol. The van der Waals surface area contributed by atoms with Crippen molar-refractivity contribution in [1.82, 2.24) is 0 Å².